The molecule has 0 bridgehead atoms. The van der Waals surface area contributed by atoms with E-state index >= 15 is 0 Å². The molecule has 1 aromatic rings. The van der Waals surface area contributed by atoms with Crippen LogP contribution in [0.25, 0.3) is 0 Å². The monoisotopic (exact) mass is 192 g/mol. The van der Waals surface area contributed by atoms with Crippen molar-refractivity contribution >= 4 is 0 Å². The summed E-state index contributed by atoms with van der Waals surface area (Å²) in [6.45, 7) is 4.05. The first-order valence-corrected chi connectivity index (χ1v) is 5.16. The number of rotatable bonds is 4. The molecule has 0 saturated heterocycles. The lowest BCUT2D eigenvalue weighted by Crippen LogP contribution is -2.39. The smallest absolute Gasteiger partial charge is 0.0192 e. The number of hydrogen-bond acceptors (Lipinski definition) is 2. The Morgan fingerprint density at radius 2 is 1.71 bits per heavy atom. The Kier molecular flexibility index (Phi) is 4.11. The normalized spacial score (nSPS) is 15.1. The van der Waals surface area contributed by atoms with Crippen LogP contribution in [0, 0.1) is 6.92 Å². The molecule has 0 aliphatic rings. The van der Waals surface area contributed by atoms with E-state index in [1.807, 2.05) is 6.92 Å². The van der Waals surface area contributed by atoms with E-state index in [-0.39, 0.29) is 12.1 Å². The van der Waals surface area contributed by atoms with E-state index < -0.39 is 0 Å². The standard InChI is InChI=1S/C12H20N2/c1-9-3-5-11(6-4-9)7-8-12(14)10(2)13/h3-6,10,12H,7-8,13-14H2,1-2H3. The van der Waals surface area contributed by atoms with Crippen molar-refractivity contribution in [3.8, 4) is 0 Å². The topological polar surface area (TPSA) is 52.0 Å². The third-order valence-corrected chi connectivity index (χ3v) is 2.56. The summed E-state index contributed by atoms with van der Waals surface area (Å²) in [4.78, 5) is 0. The molecule has 0 aliphatic carbocycles. The summed E-state index contributed by atoms with van der Waals surface area (Å²) in [5, 5.41) is 0. The fraction of sp³-hybridized carbons (Fsp3) is 0.500. The van der Waals surface area contributed by atoms with Crippen LogP contribution in [-0.2, 0) is 6.42 Å². The highest BCUT2D eigenvalue weighted by Crippen LogP contribution is 2.07. The van der Waals surface area contributed by atoms with Crippen LogP contribution in [0.1, 0.15) is 24.5 Å². The lowest BCUT2D eigenvalue weighted by molar-refractivity contribution is 0.524. The number of nitrogens with two attached hydrogens (primary N) is 2. The van der Waals surface area contributed by atoms with E-state index in [1.165, 1.54) is 11.1 Å². The molecule has 0 fully saturated rings. The van der Waals surface area contributed by atoms with E-state index in [0.29, 0.717) is 0 Å². The van der Waals surface area contributed by atoms with E-state index in [1.54, 1.807) is 0 Å². The van der Waals surface area contributed by atoms with Gasteiger partial charge in [0.15, 0.2) is 0 Å². The Morgan fingerprint density at radius 1 is 1.14 bits per heavy atom. The van der Waals surface area contributed by atoms with Crippen molar-refractivity contribution in [3.63, 3.8) is 0 Å². The highest BCUT2D eigenvalue weighted by Gasteiger charge is 2.07. The second kappa shape index (κ2) is 5.13. The van der Waals surface area contributed by atoms with Gasteiger partial charge >= 0.3 is 0 Å². The van der Waals surface area contributed by atoms with Crippen molar-refractivity contribution in [1.82, 2.24) is 0 Å². The van der Waals surface area contributed by atoms with Crippen molar-refractivity contribution in [2.75, 3.05) is 0 Å². The van der Waals surface area contributed by atoms with Crippen LogP contribution in [0.2, 0.25) is 0 Å². The lowest BCUT2D eigenvalue weighted by Gasteiger charge is -2.15. The van der Waals surface area contributed by atoms with Crippen LogP contribution in [0.4, 0.5) is 0 Å². The van der Waals surface area contributed by atoms with Gasteiger partial charge in [-0.2, -0.15) is 0 Å². The maximum absolute atomic E-state index is 5.87. The molecule has 0 radical (unpaired) electrons. The third-order valence-electron chi connectivity index (χ3n) is 2.56. The van der Waals surface area contributed by atoms with Gasteiger partial charge in [0.05, 0.1) is 0 Å². The molecular weight excluding hydrogens is 172 g/mol. The van der Waals surface area contributed by atoms with E-state index in [4.69, 9.17) is 11.5 Å². The summed E-state index contributed by atoms with van der Waals surface area (Å²) in [7, 11) is 0. The Balaban J connectivity index is 2.42. The molecular formula is C12H20N2. The highest BCUT2D eigenvalue weighted by atomic mass is 14.8. The molecule has 2 atom stereocenters. The van der Waals surface area contributed by atoms with Gasteiger partial charge in [-0.15, -0.1) is 0 Å². The zero-order valence-corrected chi connectivity index (χ0v) is 9.03. The zero-order chi connectivity index (χ0) is 10.6. The molecule has 0 spiro atoms. The summed E-state index contributed by atoms with van der Waals surface area (Å²) < 4.78 is 0. The van der Waals surface area contributed by atoms with E-state index in [0.717, 1.165) is 12.8 Å². The van der Waals surface area contributed by atoms with Crippen molar-refractivity contribution in [2.24, 2.45) is 11.5 Å². The maximum atomic E-state index is 5.87. The van der Waals surface area contributed by atoms with Gasteiger partial charge in [-0.3, -0.25) is 0 Å². The first kappa shape index (κ1) is 11.2. The Hall–Kier alpha value is -0.860. The van der Waals surface area contributed by atoms with Crippen LogP contribution in [-0.4, -0.2) is 12.1 Å². The molecule has 2 heteroatoms. The second-order valence-corrected chi connectivity index (χ2v) is 4.05. The van der Waals surface area contributed by atoms with Gasteiger partial charge in [0.25, 0.3) is 0 Å². The summed E-state index contributed by atoms with van der Waals surface area (Å²) >= 11 is 0. The van der Waals surface area contributed by atoms with Crippen molar-refractivity contribution in [3.05, 3.63) is 35.4 Å². The Bertz CT molecular complexity index is 264. The number of benzene rings is 1. The van der Waals surface area contributed by atoms with Crippen LogP contribution >= 0.6 is 0 Å². The van der Waals surface area contributed by atoms with Crippen LogP contribution < -0.4 is 11.5 Å². The van der Waals surface area contributed by atoms with Crippen molar-refractivity contribution < 1.29 is 0 Å². The van der Waals surface area contributed by atoms with Gasteiger partial charge in [-0.1, -0.05) is 29.8 Å². The van der Waals surface area contributed by atoms with Gasteiger partial charge in [0.1, 0.15) is 0 Å². The SMILES string of the molecule is Cc1ccc(CCC(N)C(C)N)cc1. The van der Waals surface area contributed by atoms with Crippen LogP contribution in [0.15, 0.2) is 24.3 Å². The fourth-order valence-corrected chi connectivity index (χ4v) is 1.35. The fourth-order valence-electron chi connectivity index (χ4n) is 1.35. The molecule has 0 aliphatic heterocycles. The maximum Gasteiger partial charge on any atom is 0.0192 e. The molecule has 1 rings (SSSR count). The quantitative estimate of drug-likeness (QED) is 0.761. The number of hydrogen-bond donors (Lipinski definition) is 2. The first-order valence-electron chi connectivity index (χ1n) is 5.16. The minimum absolute atomic E-state index is 0.0837. The minimum Gasteiger partial charge on any atom is -0.327 e. The predicted molar refractivity (Wildman–Crippen MR) is 61.1 cm³/mol. The summed E-state index contributed by atoms with van der Waals surface area (Å²) in [5.74, 6) is 0. The average Bonchev–Trinajstić information content (AvgIpc) is 2.16. The second-order valence-electron chi connectivity index (χ2n) is 4.05. The largest absolute Gasteiger partial charge is 0.327 e. The van der Waals surface area contributed by atoms with Gasteiger partial charge in [-0.05, 0) is 32.3 Å². The Labute approximate surface area is 86.3 Å². The molecule has 1 aromatic carbocycles. The molecule has 2 nitrogen and oxygen atoms in total. The van der Waals surface area contributed by atoms with Crippen molar-refractivity contribution in [2.45, 2.75) is 38.8 Å². The van der Waals surface area contributed by atoms with Gasteiger partial charge in [0, 0.05) is 12.1 Å². The van der Waals surface area contributed by atoms with Gasteiger partial charge in [0.2, 0.25) is 0 Å². The van der Waals surface area contributed by atoms with Gasteiger partial charge in [-0.25, -0.2) is 0 Å². The molecule has 0 amide bonds. The first-order chi connectivity index (χ1) is 6.59. The summed E-state index contributed by atoms with van der Waals surface area (Å²) in [5.41, 5.74) is 14.2. The summed E-state index contributed by atoms with van der Waals surface area (Å²) in [6, 6.07) is 8.77. The molecule has 4 N–H and O–H groups in total. The highest BCUT2D eigenvalue weighted by molar-refractivity contribution is 5.21. The van der Waals surface area contributed by atoms with E-state index in [2.05, 4.69) is 31.2 Å². The Morgan fingerprint density at radius 3 is 2.21 bits per heavy atom. The van der Waals surface area contributed by atoms with E-state index in [9.17, 15) is 0 Å². The molecule has 0 aromatic heterocycles. The number of aryl methyl sites for hydroxylation is 2. The summed E-state index contributed by atoms with van der Waals surface area (Å²) in [6.07, 6.45) is 1.98. The van der Waals surface area contributed by atoms with Crippen molar-refractivity contribution in [1.29, 1.82) is 0 Å². The zero-order valence-electron chi connectivity index (χ0n) is 9.03. The van der Waals surface area contributed by atoms with Crippen LogP contribution in [0.3, 0.4) is 0 Å². The van der Waals surface area contributed by atoms with Crippen LogP contribution in [0.5, 0.6) is 0 Å². The predicted octanol–water partition coefficient (Wildman–Crippen LogP) is 1.60. The third kappa shape index (κ3) is 3.48. The lowest BCUT2D eigenvalue weighted by atomic mass is 10.0. The van der Waals surface area contributed by atoms with Gasteiger partial charge < -0.3 is 11.5 Å². The average molecular weight is 192 g/mol. The molecule has 0 heterocycles. The minimum atomic E-state index is 0.0837. The molecule has 78 valence electrons. The molecule has 14 heavy (non-hydrogen) atoms. The molecule has 0 saturated carbocycles. The molecule has 2 unspecified atom stereocenters.